The summed E-state index contributed by atoms with van der Waals surface area (Å²) in [5, 5.41) is 6.58. The van der Waals surface area contributed by atoms with Crippen LogP contribution in [0.5, 0.6) is 0 Å². The molecule has 0 saturated heterocycles. The van der Waals surface area contributed by atoms with Crippen molar-refractivity contribution in [1.29, 1.82) is 0 Å². The second-order valence-corrected chi connectivity index (χ2v) is 5.17. The molecule has 2 rings (SSSR count). The van der Waals surface area contributed by atoms with Crippen molar-refractivity contribution in [2.24, 2.45) is 5.92 Å². The van der Waals surface area contributed by atoms with E-state index in [1.54, 1.807) is 6.20 Å². The van der Waals surface area contributed by atoms with Crippen LogP contribution in [-0.4, -0.2) is 10.2 Å². The van der Waals surface area contributed by atoms with Gasteiger partial charge in [-0.2, -0.15) is 5.10 Å². The quantitative estimate of drug-likeness (QED) is 0.816. The first-order valence-electron chi connectivity index (χ1n) is 5.88. The number of nitrogens with zero attached hydrogens (tertiary/aromatic N) is 1. The van der Waals surface area contributed by atoms with Crippen molar-refractivity contribution in [1.82, 2.24) is 10.2 Å². The molecule has 0 aliphatic rings. The molecule has 0 fully saturated rings. The first-order chi connectivity index (χ1) is 8.16. The minimum absolute atomic E-state index is 0.123. The lowest BCUT2D eigenvalue weighted by atomic mass is 10.00. The highest BCUT2D eigenvalue weighted by Gasteiger charge is 2.11. The van der Waals surface area contributed by atoms with Gasteiger partial charge in [-0.15, -0.1) is 11.6 Å². The zero-order valence-electron chi connectivity index (χ0n) is 10.2. The normalized spacial score (nSPS) is 12.9. The lowest BCUT2D eigenvalue weighted by molar-refractivity contribution is 0.647. The van der Waals surface area contributed by atoms with Crippen molar-refractivity contribution in [3.8, 4) is 0 Å². The van der Waals surface area contributed by atoms with Crippen LogP contribution in [0.1, 0.15) is 35.9 Å². The summed E-state index contributed by atoms with van der Waals surface area (Å²) >= 11 is 6.37. The van der Waals surface area contributed by atoms with Gasteiger partial charge in [0.1, 0.15) is 0 Å². The predicted octanol–water partition coefficient (Wildman–Crippen LogP) is 3.94. The minimum atomic E-state index is -0.123. The zero-order valence-corrected chi connectivity index (χ0v) is 10.9. The third kappa shape index (κ3) is 3.10. The molecular weight excluding hydrogens is 232 g/mol. The Labute approximate surface area is 107 Å². The fraction of sp³-hybridized carbons (Fsp3) is 0.357. The highest BCUT2D eigenvalue weighted by Crippen LogP contribution is 2.28. The SMILES string of the molecule is CC(C)Cc1ccc(C(Cl)c2cn[nH]c2)cc1. The monoisotopic (exact) mass is 248 g/mol. The van der Waals surface area contributed by atoms with Crippen LogP contribution >= 0.6 is 11.6 Å². The van der Waals surface area contributed by atoms with Crippen molar-refractivity contribution < 1.29 is 0 Å². The lowest BCUT2D eigenvalue weighted by Crippen LogP contribution is -1.96. The number of H-pyrrole nitrogens is 1. The van der Waals surface area contributed by atoms with E-state index in [-0.39, 0.29) is 5.38 Å². The number of hydrogen-bond donors (Lipinski definition) is 1. The molecule has 1 unspecified atom stereocenters. The second kappa shape index (κ2) is 5.37. The molecule has 90 valence electrons. The van der Waals surface area contributed by atoms with Gasteiger partial charge in [0.15, 0.2) is 0 Å². The maximum Gasteiger partial charge on any atom is 0.0865 e. The third-order valence-corrected chi connectivity index (χ3v) is 3.23. The summed E-state index contributed by atoms with van der Waals surface area (Å²) < 4.78 is 0. The minimum Gasteiger partial charge on any atom is -0.285 e. The summed E-state index contributed by atoms with van der Waals surface area (Å²) in [5.41, 5.74) is 3.48. The van der Waals surface area contributed by atoms with Gasteiger partial charge in [-0.05, 0) is 23.5 Å². The van der Waals surface area contributed by atoms with Gasteiger partial charge >= 0.3 is 0 Å². The van der Waals surface area contributed by atoms with Gasteiger partial charge in [0, 0.05) is 11.8 Å². The Morgan fingerprint density at radius 3 is 2.41 bits per heavy atom. The number of nitrogens with one attached hydrogen (secondary N) is 1. The van der Waals surface area contributed by atoms with E-state index >= 15 is 0 Å². The second-order valence-electron chi connectivity index (χ2n) is 4.73. The molecule has 2 nitrogen and oxygen atoms in total. The molecule has 1 aromatic carbocycles. The number of hydrogen-bond acceptors (Lipinski definition) is 1. The Hall–Kier alpha value is -1.28. The molecule has 1 aromatic heterocycles. The number of aromatic amines is 1. The van der Waals surface area contributed by atoms with E-state index in [1.165, 1.54) is 5.56 Å². The lowest BCUT2D eigenvalue weighted by Gasteiger charge is -2.09. The van der Waals surface area contributed by atoms with Crippen LogP contribution in [0.3, 0.4) is 0 Å². The number of halogens is 1. The molecule has 1 N–H and O–H groups in total. The van der Waals surface area contributed by atoms with Gasteiger partial charge in [-0.1, -0.05) is 38.1 Å². The first kappa shape index (κ1) is 12.2. The average molecular weight is 249 g/mol. The van der Waals surface area contributed by atoms with Crippen LogP contribution in [0, 0.1) is 5.92 Å². The topological polar surface area (TPSA) is 28.7 Å². The van der Waals surface area contributed by atoms with Crippen LogP contribution in [0.15, 0.2) is 36.7 Å². The van der Waals surface area contributed by atoms with Crippen molar-refractivity contribution in [2.75, 3.05) is 0 Å². The Kier molecular flexibility index (Phi) is 3.85. The Bertz CT molecular complexity index is 446. The van der Waals surface area contributed by atoms with E-state index in [4.69, 9.17) is 11.6 Å². The fourth-order valence-corrected chi connectivity index (χ4v) is 2.15. The molecule has 17 heavy (non-hydrogen) atoms. The highest BCUT2D eigenvalue weighted by atomic mass is 35.5. The van der Waals surface area contributed by atoms with Crippen LogP contribution in [0.2, 0.25) is 0 Å². The summed E-state index contributed by atoms with van der Waals surface area (Å²) in [6, 6.07) is 8.51. The highest BCUT2D eigenvalue weighted by molar-refractivity contribution is 6.22. The van der Waals surface area contributed by atoms with Gasteiger partial charge in [0.25, 0.3) is 0 Å². The van der Waals surface area contributed by atoms with E-state index in [0.29, 0.717) is 5.92 Å². The van der Waals surface area contributed by atoms with Gasteiger partial charge in [-0.25, -0.2) is 0 Å². The zero-order chi connectivity index (χ0) is 12.3. The van der Waals surface area contributed by atoms with Crippen molar-refractivity contribution in [3.05, 3.63) is 53.3 Å². The molecule has 3 heteroatoms. The summed E-state index contributed by atoms with van der Waals surface area (Å²) in [5.74, 6) is 0.682. The predicted molar refractivity (Wildman–Crippen MR) is 71.3 cm³/mol. The van der Waals surface area contributed by atoms with Crippen LogP contribution in [0.4, 0.5) is 0 Å². The smallest absolute Gasteiger partial charge is 0.0865 e. The van der Waals surface area contributed by atoms with Gasteiger partial charge in [0.05, 0.1) is 11.6 Å². The van der Waals surface area contributed by atoms with Crippen molar-refractivity contribution in [3.63, 3.8) is 0 Å². The number of rotatable bonds is 4. The van der Waals surface area contributed by atoms with Crippen LogP contribution in [-0.2, 0) is 6.42 Å². The van der Waals surface area contributed by atoms with E-state index in [1.807, 2.05) is 6.20 Å². The Balaban J connectivity index is 2.12. The molecule has 0 aliphatic heterocycles. The van der Waals surface area contributed by atoms with E-state index in [0.717, 1.165) is 17.5 Å². The summed E-state index contributed by atoms with van der Waals surface area (Å²) in [6.45, 7) is 4.45. The summed E-state index contributed by atoms with van der Waals surface area (Å²) in [6.07, 6.45) is 4.71. The van der Waals surface area contributed by atoms with Gasteiger partial charge in [-0.3, -0.25) is 5.10 Å². The maximum atomic E-state index is 6.37. The fourth-order valence-electron chi connectivity index (χ4n) is 1.89. The molecule has 0 amide bonds. The molecule has 2 aromatic rings. The molecular formula is C14H17ClN2. The molecule has 0 saturated carbocycles. The number of alkyl halides is 1. The first-order valence-corrected chi connectivity index (χ1v) is 6.32. The maximum absolute atomic E-state index is 6.37. The molecule has 1 heterocycles. The molecule has 0 bridgehead atoms. The van der Waals surface area contributed by atoms with E-state index in [9.17, 15) is 0 Å². The third-order valence-electron chi connectivity index (χ3n) is 2.73. The van der Waals surface area contributed by atoms with E-state index < -0.39 is 0 Å². The number of benzene rings is 1. The van der Waals surface area contributed by atoms with Crippen LogP contribution in [0.25, 0.3) is 0 Å². The van der Waals surface area contributed by atoms with E-state index in [2.05, 4.69) is 48.3 Å². The van der Waals surface area contributed by atoms with Crippen molar-refractivity contribution in [2.45, 2.75) is 25.6 Å². The molecule has 0 radical (unpaired) electrons. The molecule has 0 spiro atoms. The van der Waals surface area contributed by atoms with Gasteiger partial charge in [0.2, 0.25) is 0 Å². The summed E-state index contributed by atoms with van der Waals surface area (Å²) in [7, 11) is 0. The molecule has 0 aliphatic carbocycles. The summed E-state index contributed by atoms with van der Waals surface area (Å²) in [4.78, 5) is 0. The number of aromatic nitrogens is 2. The Morgan fingerprint density at radius 2 is 1.88 bits per heavy atom. The van der Waals surface area contributed by atoms with Crippen LogP contribution < -0.4 is 0 Å². The Morgan fingerprint density at radius 1 is 1.18 bits per heavy atom. The standard InChI is InChI=1S/C14H17ClN2/c1-10(2)7-11-3-5-12(6-4-11)14(15)13-8-16-17-9-13/h3-6,8-10,14H,7H2,1-2H3,(H,16,17). The largest absolute Gasteiger partial charge is 0.285 e. The molecule has 1 atom stereocenters. The van der Waals surface area contributed by atoms with Crippen molar-refractivity contribution >= 4 is 11.6 Å². The average Bonchev–Trinajstić information content (AvgIpc) is 2.82. The van der Waals surface area contributed by atoms with Gasteiger partial charge < -0.3 is 0 Å².